The van der Waals surface area contributed by atoms with Gasteiger partial charge in [-0.25, -0.2) is 0 Å². The molecule has 5 heteroatoms. The van der Waals surface area contributed by atoms with E-state index in [9.17, 15) is 9.59 Å². The summed E-state index contributed by atoms with van der Waals surface area (Å²) in [6.07, 6.45) is 4.92. The topological polar surface area (TPSA) is 75.4 Å². The first kappa shape index (κ1) is 12.4. The van der Waals surface area contributed by atoms with Crippen molar-refractivity contribution in [2.24, 2.45) is 11.7 Å². The average molecular weight is 239 g/mol. The lowest BCUT2D eigenvalue weighted by Crippen LogP contribution is -2.52. The van der Waals surface area contributed by atoms with Crippen molar-refractivity contribution in [1.29, 1.82) is 0 Å². The number of carbonyl (C=O) groups is 2. The molecule has 1 saturated carbocycles. The lowest BCUT2D eigenvalue weighted by Gasteiger charge is -2.38. The Morgan fingerprint density at radius 1 is 1.18 bits per heavy atom. The van der Waals surface area contributed by atoms with Crippen molar-refractivity contribution in [3.63, 3.8) is 0 Å². The number of nitrogens with one attached hydrogen (secondary N) is 1. The molecule has 0 aromatic rings. The summed E-state index contributed by atoms with van der Waals surface area (Å²) in [5.74, 6) is -0.123. The molecule has 3 N–H and O–H groups in total. The number of primary amides is 1. The van der Waals surface area contributed by atoms with Crippen molar-refractivity contribution >= 4 is 11.8 Å². The third kappa shape index (κ3) is 2.97. The Bertz CT molecular complexity index is 296. The van der Waals surface area contributed by atoms with Crippen LogP contribution in [-0.2, 0) is 9.59 Å². The smallest absolute Gasteiger partial charge is 0.237 e. The van der Waals surface area contributed by atoms with Crippen molar-refractivity contribution in [2.45, 2.75) is 38.1 Å². The van der Waals surface area contributed by atoms with Gasteiger partial charge in [-0.3, -0.25) is 9.59 Å². The minimum Gasteiger partial charge on any atom is -0.368 e. The fourth-order valence-electron chi connectivity index (χ4n) is 2.56. The summed E-state index contributed by atoms with van der Waals surface area (Å²) in [5, 5.41) is 3.26. The molecule has 2 aliphatic rings. The van der Waals surface area contributed by atoms with Gasteiger partial charge in [0.15, 0.2) is 0 Å². The number of carbonyl (C=O) groups excluding carboxylic acids is 2. The molecule has 0 aromatic carbocycles. The molecule has 1 heterocycles. The molecule has 0 spiro atoms. The van der Waals surface area contributed by atoms with E-state index in [1.165, 1.54) is 0 Å². The highest BCUT2D eigenvalue weighted by Crippen LogP contribution is 2.29. The van der Waals surface area contributed by atoms with E-state index in [0.717, 1.165) is 45.2 Å². The first-order valence-electron chi connectivity index (χ1n) is 6.48. The van der Waals surface area contributed by atoms with Crippen molar-refractivity contribution < 1.29 is 9.59 Å². The van der Waals surface area contributed by atoms with Gasteiger partial charge >= 0.3 is 0 Å². The zero-order valence-electron chi connectivity index (χ0n) is 10.2. The van der Waals surface area contributed by atoms with E-state index in [2.05, 4.69) is 5.32 Å². The average Bonchev–Trinajstić information content (AvgIpc) is 2.24. The molecule has 2 rings (SSSR count). The number of amides is 2. The van der Waals surface area contributed by atoms with Crippen LogP contribution in [0.15, 0.2) is 0 Å². The molecule has 1 aliphatic heterocycles. The lowest BCUT2D eigenvalue weighted by molar-refractivity contribution is -0.144. The third-order valence-corrected chi connectivity index (χ3v) is 3.81. The van der Waals surface area contributed by atoms with Crippen LogP contribution in [-0.4, -0.2) is 42.4 Å². The number of nitrogens with two attached hydrogens (primary N) is 1. The van der Waals surface area contributed by atoms with Crippen LogP contribution in [0.25, 0.3) is 0 Å². The summed E-state index contributed by atoms with van der Waals surface area (Å²) in [7, 11) is 0. The molecule has 2 fully saturated rings. The minimum absolute atomic E-state index is 0.0833. The van der Waals surface area contributed by atoms with Gasteiger partial charge in [0.05, 0.1) is 6.54 Å². The van der Waals surface area contributed by atoms with E-state index in [1.54, 1.807) is 4.90 Å². The van der Waals surface area contributed by atoms with Crippen LogP contribution >= 0.6 is 0 Å². The number of piperidine rings is 1. The summed E-state index contributed by atoms with van der Waals surface area (Å²) in [5.41, 5.74) is 5.25. The molecular formula is C12H21N3O2. The van der Waals surface area contributed by atoms with Gasteiger partial charge in [-0.15, -0.1) is 0 Å². The van der Waals surface area contributed by atoms with Crippen LogP contribution in [0.4, 0.5) is 0 Å². The Balaban J connectivity index is 2.00. The van der Waals surface area contributed by atoms with E-state index in [4.69, 9.17) is 5.73 Å². The summed E-state index contributed by atoms with van der Waals surface area (Å²) >= 11 is 0. The Kier molecular flexibility index (Phi) is 3.99. The van der Waals surface area contributed by atoms with Crippen molar-refractivity contribution in [2.75, 3.05) is 19.6 Å². The van der Waals surface area contributed by atoms with Gasteiger partial charge in [-0.2, -0.15) is 0 Å². The molecular weight excluding hydrogens is 218 g/mol. The first-order valence-corrected chi connectivity index (χ1v) is 6.48. The summed E-state index contributed by atoms with van der Waals surface area (Å²) < 4.78 is 0. The summed E-state index contributed by atoms with van der Waals surface area (Å²) in [6, 6.07) is 0.192. The predicted octanol–water partition coefficient (Wildman–Crippen LogP) is -0.148. The third-order valence-electron chi connectivity index (χ3n) is 3.81. The van der Waals surface area contributed by atoms with Crippen molar-refractivity contribution in [3.8, 4) is 0 Å². The molecule has 0 atom stereocenters. The van der Waals surface area contributed by atoms with E-state index in [1.807, 2.05) is 0 Å². The molecule has 2 amide bonds. The predicted molar refractivity (Wildman–Crippen MR) is 64.1 cm³/mol. The second-order valence-electron chi connectivity index (χ2n) is 5.04. The second kappa shape index (κ2) is 5.49. The maximum Gasteiger partial charge on any atom is 0.237 e. The SMILES string of the molecule is NC(=O)CN(C(=O)C1CCC1)C1CCNCC1. The lowest BCUT2D eigenvalue weighted by atomic mass is 9.83. The van der Waals surface area contributed by atoms with Crippen molar-refractivity contribution in [1.82, 2.24) is 10.2 Å². The monoisotopic (exact) mass is 239 g/mol. The fourth-order valence-corrected chi connectivity index (χ4v) is 2.56. The van der Waals surface area contributed by atoms with Crippen LogP contribution in [0.2, 0.25) is 0 Å². The Hall–Kier alpha value is -1.10. The molecule has 0 bridgehead atoms. The van der Waals surface area contributed by atoms with Crippen LogP contribution in [0, 0.1) is 5.92 Å². The normalized spacial score (nSPS) is 21.9. The highest BCUT2D eigenvalue weighted by atomic mass is 16.2. The van der Waals surface area contributed by atoms with Gasteiger partial charge in [-0.1, -0.05) is 6.42 Å². The van der Waals surface area contributed by atoms with E-state index >= 15 is 0 Å². The number of hydrogen-bond acceptors (Lipinski definition) is 3. The Labute approximate surface area is 102 Å². The van der Waals surface area contributed by atoms with Gasteiger partial charge in [0.1, 0.15) is 0 Å². The molecule has 0 radical (unpaired) electrons. The standard InChI is InChI=1S/C12H21N3O2/c13-11(16)8-15(10-4-6-14-7-5-10)12(17)9-2-1-3-9/h9-10,14H,1-8H2,(H2,13,16). The van der Waals surface area contributed by atoms with Crippen LogP contribution in [0.1, 0.15) is 32.1 Å². The van der Waals surface area contributed by atoms with E-state index < -0.39 is 5.91 Å². The highest BCUT2D eigenvalue weighted by Gasteiger charge is 2.34. The van der Waals surface area contributed by atoms with E-state index in [-0.39, 0.29) is 24.4 Å². The number of nitrogens with zero attached hydrogens (tertiary/aromatic N) is 1. The minimum atomic E-state index is -0.406. The molecule has 1 saturated heterocycles. The molecule has 1 aliphatic carbocycles. The van der Waals surface area contributed by atoms with Crippen LogP contribution in [0.3, 0.4) is 0 Å². The van der Waals surface area contributed by atoms with Gasteiger partial charge < -0.3 is 16.0 Å². The maximum absolute atomic E-state index is 12.3. The summed E-state index contributed by atoms with van der Waals surface area (Å²) in [4.78, 5) is 25.1. The molecule has 0 unspecified atom stereocenters. The Morgan fingerprint density at radius 3 is 2.29 bits per heavy atom. The number of hydrogen-bond donors (Lipinski definition) is 2. The second-order valence-corrected chi connectivity index (χ2v) is 5.04. The zero-order valence-corrected chi connectivity index (χ0v) is 10.2. The zero-order chi connectivity index (χ0) is 12.3. The maximum atomic E-state index is 12.3. The fraction of sp³-hybridized carbons (Fsp3) is 0.833. The molecule has 5 nitrogen and oxygen atoms in total. The summed E-state index contributed by atoms with van der Waals surface area (Å²) in [6.45, 7) is 1.91. The van der Waals surface area contributed by atoms with Gasteiger partial charge in [-0.05, 0) is 38.8 Å². The quantitative estimate of drug-likeness (QED) is 0.716. The largest absolute Gasteiger partial charge is 0.368 e. The van der Waals surface area contributed by atoms with Gasteiger partial charge in [0, 0.05) is 12.0 Å². The first-order chi connectivity index (χ1) is 8.18. The molecule has 0 aromatic heterocycles. The van der Waals surface area contributed by atoms with Crippen LogP contribution < -0.4 is 11.1 Å². The van der Waals surface area contributed by atoms with E-state index in [0.29, 0.717) is 0 Å². The Morgan fingerprint density at radius 2 is 1.82 bits per heavy atom. The molecule has 96 valence electrons. The molecule has 17 heavy (non-hydrogen) atoms. The van der Waals surface area contributed by atoms with Crippen LogP contribution in [0.5, 0.6) is 0 Å². The highest BCUT2D eigenvalue weighted by molar-refractivity contribution is 5.85. The van der Waals surface area contributed by atoms with Crippen molar-refractivity contribution in [3.05, 3.63) is 0 Å². The number of rotatable bonds is 4. The van der Waals surface area contributed by atoms with Gasteiger partial charge in [0.2, 0.25) is 11.8 Å². The van der Waals surface area contributed by atoms with Gasteiger partial charge in [0.25, 0.3) is 0 Å².